The van der Waals surface area contributed by atoms with Gasteiger partial charge in [0, 0.05) is 22.7 Å². The smallest absolute Gasteiger partial charge is 0.251 e. The maximum atomic E-state index is 14.8. The van der Waals surface area contributed by atoms with Crippen LogP contribution < -0.4 is 5.32 Å². The summed E-state index contributed by atoms with van der Waals surface area (Å²) in [4.78, 5) is 17.8. The van der Waals surface area contributed by atoms with Gasteiger partial charge >= 0.3 is 0 Å². The van der Waals surface area contributed by atoms with Gasteiger partial charge in [-0.05, 0) is 55.3 Å². The predicted molar refractivity (Wildman–Crippen MR) is 132 cm³/mol. The summed E-state index contributed by atoms with van der Waals surface area (Å²) in [6.45, 7) is 0. The lowest BCUT2D eigenvalue weighted by Crippen LogP contribution is -2.36. The second-order valence-corrected chi connectivity index (χ2v) is 9.83. The second kappa shape index (κ2) is 10.1. The van der Waals surface area contributed by atoms with Gasteiger partial charge in [-0.3, -0.25) is 8.98 Å². The van der Waals surface area contributed by atoms with E-state index < -0.39 is 16.9 Å². The number of fused-ring (bicyclic) bond motifs is 1. The van der Waals surface area contributed by atoms with Gasteiger partial charge in [0.2, 0.25) is 0 Å². The maximum Gasteiger partial charge on any atom is 0.251 e. The van der Waals surface area contributed by atoms with Crippen molar-refractivity contribution in [3.63, 3.8) is 0 Å². The van der Waals surface area contributed by atoms with Gasteiger partial charge in [0.15, 0.2) is 16.7 Å². The highest BCUT2D eigenvalue weighted by molar-refractivity contribution is 7.80. The van der Waals surface area contributed by atoms with Crippen molar-refractivity contribution in [3.05, 3.63) is 72.2 Å². The number of carbonyl (C=O) groups excluding carboxylic acids is 1. The van der Waals surface area contributed by atoms with E-state index in [1.807, 2.05) is 0 Å². The first-order valence-electron chi connectivity index (χ1n) is 11.6. The van der Waals surface area contributed by atoms with Crippen LogP contribution in [0.3, 0.4) is 0 Å². The number of halogens is 1. The van der Waals surface area contributed by atoms with E-state index in [-0.39, 0.29) is 17.5 Å². The van der Waals surface area contributed by atoms with E-state index in [4.69, 9.17) is 4.18 Å². The van der Waals surface area contributed by atoms with Crippen molar-refractivity contribution in [2.24, 2.45) is 0 Å². The quantitative estimate of drug-likeness (QED) is 0.412. The molecule has 1 N–H and O–H groups in total. The normalized spacial score (nSPS) is 15.3. The molecule has 2 heterocycles. The van der Waals surface area contributed by atoms with Gasteiger partial charge in [0.1, 0.15) is 5.82 Å². The Labute approximate surface area is 205 Å². The molecule has 1 aliphatic rings. The van der Waals surface area contributed by atoms with Crippen LogP contribution in [-0.4, -0.2) is 37.9 Å². The van der Waals surface area contributed by atoms with Crippen molar-refractivity contribution >= 4 is 22.6 Å². The molecule has 1 amide bonds. The number of nitrogens with one attached hydrogen (secondary N) is 1. The maximum absolute atomic E-state index is 14.8. The molecule has 35 heavy (non-hydrogen) atoms. The first kappa shape index (κ1) is 23.3. The van der Waals surface area contributed by atoms with Crippen molar-refractivity contribution < 1.29 is 17.6 Å². The SMILES string of the molecule is COS(=O)c1ccc(-c2cnc3ccc(-c4cc(C(=O)NC5CCCCC5)ccc4F)nn23)cc1. The topological polar surface area (TPSA) is 85.6 Å². The molecule has 0 spiro atoms. The molecule has 180 valence electrons. The third kappa shape index (κ3) is 4.87. The molecule has 1 unspecified atom stereocenters. The zero-order valence-electron chi connectivity index (χ0n) is 19.2. The Bertz CT molecular complexity index is 1400. The van der Waals surface area contributed by atoms with Crippen molar-refractivity contribution in [1.29, 1.82) is 0 Å². The average Bonchev–Trinajstić information content (AvgIpc) is 3.32. The lowest BCUT2D eigenvalue weighted by Gasteiger charge is -2.22. The molecule has 0 saturated heterocycles. The fourth-order valence-electron chi connectivity index (χ4n) is 4.43. The monoisotopic (exact) mass is 492 g/mol. The molecule has 4 aromatic rings. The second-order valence-electron chi connectivity index (χ2n) is 8.56. The van der Waals surface area contributed by atoms with Crippen LogP contribution in [0.1, 0.15) is 42.5 Å². The average molecular weight is 493 g/mol. The van der Waals surface area contributed by atoms with Crippen LogP contribution in [-0.2, 0) is 15.3 Å². The number of nitrogens with zero attached hydrogens (tertiary/aromatic N) is 3. The van der Waals surface area contributed by atoms with E-state index in [0.29, 0.717) is 27.5 Å². The Balaban J connectivity index is 1.46. The number of hydrogen-bond acceptors (Lipinski definition) is 5. The lowest BCUT2D eigenvalue weighted by molar-refractivity contribution is 0.0927. The first-order chi connectivity index (χ1) is 17.0. The minimum Gasteiger partial charge on any atom is -0.349 e. The summed E-state index contributed by atoms with van der Waals surface area (Å²) in [6.07, 6.45) is 7.06. The molecular formula is C26H25FN4O3S. The van der Waals surface area contributed by atoms with Gasteiger partial charge in [-0.1, -0.05) is 31.4 Å². The van der Waals surface area contributed by atoms with Gasteiger partial charge in [-0.25, -0.2) is 18.1 Å². The highest BCUT2D eigenvalue weighted by atomic mass is 32.2. The molecule has 2 aromatic carbocycles. The third-order valence-electron chi connectivity index (χ3n) is 6.30. The minimum absolute atomic E-state index is 0.167. The molecule has 2 aromatic heterocycles. The molecule has 9 heteroatoms. The Morgan fingerprint density at radius 3 is 2.60 bits per heavy atom. The van der Waals surface area contributed by atoms with Gasteiger partial charge in [-0.15, -0.1) is 0 Å². The van der Waals surface area contributed by atoms with Crippen LogP contribution in [0, 0.1) is 5.82 Å². The van der Waals surface area contributed by atoms with Gasteiger partial charge < -0.3 is 5.32 Å². The molecule has 0 radical (unpaired) electrons. The fraction of sp³-hybridized carbons (Fsp3) is 0.269. The Morgan fingerprint density at radius 2 is 1.86 bits per heavy atom. The van der Waals surface area contributed by atoms with Gasteiger partial charge in [0.05, 0.1) is 29.6 Å². The van der Waals surface area contributed by atoms with E-state index in [0.717, 1.165) is 31.2 Å². The van der Waals surface area contributed by atoms with E-state index in [1.54, 1.807) is 53.2 Å². The number of imidazole rings is 1. The molecule has 7 nitrogen and oxygen atoms in total. The van der Waals surface area contributed by atoms with Gasteiger partial charge in [0.25, 0.3) is 5.91 Å². The van der Waals surface area contributed by atoms with Crippen LogP contribution in [0.4, 0.5) is 4.39 Å². The Kier molecular flexibility index (Phi) is 6.70. The molecule has 1 atom stereocenters. The fourth-order valence-corrected chi connectivity index (χ4v) is 4.98. The van der Waals surface area contributed by atoms with E-state index >= 15 is 0 Å². The number of aromatic nitrogens is 3. The predicted octanol–water partition coefficient (Wildman–Crippen LogP) is 4.93. The number of carbonyl (C=O) groups is 1. The van der Waals surface area contributed by atoms with Crippen LogP contribution in [0.15, 0.2) is 65.7 Å². The molecule has 1 aliphatic carbocycles. The highest BCUT2D eigenvalue weighted by Crippen LogP contribution is 2.26. The Morgan fingerprint density at radius 1 is 1.09 bits per heavy atom. The summed E-state index contributed by atoms with van der Waals surface area (Å²) in [5.74, 6) is -0.657. The molecular weight excluding hydrogens is 467 g/mol. The third-order valence-corrected chi connectivity index (χ3v) is 7.26. The Hall–Kier alpha value is -3.43. The standard InChI is InChI=1S/C26H25FN4O3S/c1-34-35(33)20-10-7-17(8-11-20)24-16-28-25-14-13-23(30-31(24)25)21-15-18(9-12-22(21)27)26(32)29-19-5-3-2-4-6-19/h7-16,19H,2-6H2,1H3,(H,29,32). The number of amides is 1. The van der Waals surface area contributed by atoms with Crippen molar-refractivity contribution in [2.45, 2.75) is 43.0 Å². The van der Waals surface area contributed by atoms with E-state index in [9.17, 15) is 13.4 Å². The van der Waals surface area contributed by atoms with Crippen LogP contribution in [0.2, 0.25) is 0 Å². The molecule has 5 rings (SSSR count). The van der Waals surface area contributed by atoms with E-state index in [2.05, 4.69) is 15.4 Å². The van der Waals surface area contributed by atoms with Crippen molar-refractivity contribution in [2.75, 3.05) is 7.11 Å². The summed E-state index contributed by atoms with van der Waals surface area (Å²) in [6, 6.07) is 15.0. The zero-order chi connectivity index (χ0) is 24.4. The molecule has 1 saturated carbocycles. The minimum atomic E-state index is -1.53. The first-order valence-corrected chi connectivity index (χ1v) is 12.6. The highest BCUT2D eigenvalue weighted by Gasteiger charge is 2.19. The van der Waals surface area contributed by atoms with Gasteiger partial charge in [-0.2, -0.15) is 5.10 Å². The number of rotatable bonds is 6. The number of hydrogen-bond donors (Lipinski definition) is 1. The number of benzene rings is 2. The summed E-state index contributed by atoms with van der Waals surface area (Å²) in [5.41, 5.74) is 3.14. The molecule has 0 aliphatic heterocycles. The van der Waals surface area contributed by atoms with Crippen molar-refractivity contribution in [1.82, 2.24) is 19.9 Å². The van der Waals surface area contributed by atoms with Crippen molar-refractivity contribution in [3.8, 4) is 22.5 Å². The summed E-state index contributed by atoms with van der Waals surface area (Å²) in [5, 5.41) is 7.71. The summed E-state index contributed by atoms with van der Waals surface area (Å²) in [7, 11) is 1.38. The molecule has 0 bridgehead atoms. The zero-order valence-corrected chi connectivity index (χ0v) is 20.1. The van der Waals surface area contributed by atoms with E-state index in [1.165, 1.54) is 25.7 Å². The van der Waals surface area contributed by atoms with Crippen LogP contribution in [0.25, 0.3) is 28.2 Å². The summed E-state index contributed by atoms with van der Waals surface area (Å²) < 4.78 is 33.2. The summed E-state index contributed by atoms with van der Waals surface area (Å²) >= 11 is -1.53. The van der Waals surface area contributed by atoms with Crippen LogP contribution in [0.5, 0.6) is 0 Å². The molecule has 1 fully saturated rings. The lowest BCUT2D eigenvalue weighted by atomic mass is 9.95. The van der Waals surface area contributed by atoms with Crippen LogP contribution >= 0.6 is 0 Å². The largest absolute Gasteiger partial charge is 0.349 e.